The van der Waals surface area contributed by atoms with E-state index in [2.05, 4.69) is 14.9 Å². The first kappa shape index (κ1) is 22.5. The maximum Gasteiger partial charge on any atom is 0.243 e. The van der Waals surface area contributed by atoms with Gasteiger partial charge in [-0.05, 0) is 25.1 Å². The number of nitrogens with one attached hydrogen (secondary N) is 2. The normalized spacial score (nSPS) is 15.6. The van der Waals surface area contributed by atoms with Crippen molar-refractivity contribution < 1.29 is 17.2 Å². The third-order valence-electron chi connectivity index (χ3n) is 3.36. The van der Waals surface area contributed by atoms with Crippen molar-refractivity contribution >= 4 is 34.8 Å². The maximum absolute atomic E-state index is 13.5. The molecular weight excluding hydrogens is 371 g/mol. The largest absolute Gasteiger partial charge is 0.314 e. The molecule has 5 nitrogen and oxygen atoms in total. The van der Waals surface area contributed by atoms with Crippen LogP contribution in [0.1, 0.15) is 6.42 Å². The molecule has 10 heteroatoms. The van der Waals surface area contributed by atoms with E-state index in [1.54, 1.807) is 0 Å². The molecule has 0 amide bonds. The number of benzene rings is 1. The van der Waals surface area contributed by atoms with E-state index in [0.717, 1.165) is 44.9 Å². The smallest absolute Gasteiger partial charge is 0.243 e. The zero-order valence-electron chi connectivity index (χ0n) is 12.4. The molecule has 2 rings (SSSR count). The lowest BCUT2D eigenvalue weighted by Gasteiger charge is -2.27. The second-order valence-corrected chi connectivity index (χ2v) is 6.63. The fourth-order valence-electron chi connectivity index (χ4n) is 2.21. The SMILES string of the molecule is Cl.Cl.O=S(=O)(NCCCN1CCNCC1)c1cccc(F)c1F. The van der Waals surface area contributed by atoms with E-state index in [9.17, 15) is 17.2 Å². The lowest BCUT2D eigenvalue weighted by molar-refractivity contribution is 0.239. The fourth-order valence-corrected chi connectivity index (χ4v) is 3.37. The Balaban J connectivity index is 0.00000242. The highest BCUT2D eigenvalue weighted by atomic mass is 35.5. The van der Waals surface area contributed by atoms with Gasteiger partial charge in [0.2, 0.25) is 10.0 Å². The van der Waals surface area contributed by atoms with Crippen molar-refractivity contribution in [3.8, 4) is 0 Å². The third-order valence-corrected chi connectivity index (χ3v) is 4.84. The van der Waals surface area contributed by atoms with Gasteiger partial charge in [0, 0.05) is 32.7 Å². The number of nitrogens with zero attached hydrogens (tertiary/aromatic N) is 1. The van der Waals surface area contributed by atoms with Crippen LogP contribution in [-0.2, 0) is 10.0 Å². The molecule has 0 saturated carbocycles. The van der Waals surface area contributed by atoms with Crippen LogP contribution in [0.2, 0.25) is 0 Å². The van der Waals surface area contributed by atoms with Crippen LogP contribution < -0.4 is 10.0 Å². The van der Waals surface area contributed by atoms with Gasteiger partial charge in [-0.3, -0.25) is 0 Å². The summed E-state index contributed by atoms with van der Waals surface area (Å²) >= 11 is 0. The first-order valence-corrected chi connectivity index (χ1v) is 8.36. The summed E-state index contributed by atoms with van der Waals surface area (Å²) in [5.41, 5.74) is 0. The Bertz CT molecular complexity index is 585. The molecule has 1 fully saturated rings. The fraction of sp³-hybridized carbons (Fsp3) is 0.538. The zero-order chi connectivity index (χ0) is 15.3. The first-order chi connectivity index (χ1) is 10.0. The second kappa shape index (κ2) is 10.4. The Labute approximate surface area is 147 Å². The van der Waals surface area contributed by atoms with Crippen molar-refractivity contribution in [2.45, 2.75) is 11.3 Å². The molecule has 2 N–H and O–H groups in total. The van der Waals surface area contributed by atoms with Crippen LogP contribution >= 0.6 is 24.8 Å². The van der Waals surface area contributed by atoms with Crippen LogP contribution in [0.5, 0.6) is 0 Å². The average molecular weight is 392 g/mol. The van der Waals surface area contributed by atoms with Crippen LogP contribution in [0, 0.1) is 11.6 Å². The minimum atomic E-state index is -4.01. The molecule has 134 valence electrons. The van der Waals surface area contributed by atoms with E-state index in [1.807, 2.05) is 0 Å². The highest BCUT2D eigenvalue weighted by Crippen LogP contribution is 2.16. The van der Waals surface area contributed by atoms with E-state index in [1.165, 1.54) is 6.07 Å². The topological polar surface area (TPSA) is 61.4 Å². The summed E-state index contributed by atoms with van der Waals surface area (Å²) in [4.78, 5) is 1.58. The van der Waals surface area contributed by atoms with E-state index < -0.39 is 26.6 Å². The van der Waals surface area contributed by atoms with Gasteiger partial charge in [0.25, 0.3) is 0 Å². The molecule has 0 spiro atoms. The van der Waals surface area contributed by atoms with Gasteiger partial charge >= 0.3 is 0 Å². The molecule has 1 aliphatic rings. The van der Waals surface area contributed by atoms with Gasteiger partial charge in [-0.1, -0.05) is 6.07 Å². The van der Waals surface area contributed by atoms with Crippen LogP contribution in [0.25, 0.3) is 0 Å². The van der Waals surface area contributed by atoms with E-state index in [0.29, 0.717) is 6.42 Å². The number of piperazine rings is 1. The Kier molecular flexibility index (Phi) is 10.1. The third kappa shape index (κ3) is 6.48. The van der Waals surface area contributed by atoms with Crippen molar-refractivity contribution in [3.05, 3.63) is 29.8 Å². The molecule has 0 aliphatic carbocycles. The van der Waals surface area contributed by atoms with Crippen molar-refractivity contribution in [3.63, 3.8) is 0 Å². The summed E-state index contributed by atoms with van der Waals surface area (Å²) in [7, 11) is -4.01. The first-order valence-electron chi connectivity index (χ1n) is 6.87. The monoisotopic (exact) mass is 391 g/mol. The van der Waals surface area contributed by atoms with Gasteiger partial charge < -0.3 is 10.2 Å². The minimum Gasteiger partial charge on any atom is -0.314 e. The predicted octanol–water partition coefficient (Wildman–Crippen LogP) is 1.38. The van der Waals surface area contributed by atoms with Gasteiger partial charge in [0.1, 0.15) is 4.90 Å². The van der Waals surface area contributed by atoms with Gasteiger partial charge in [0.05, 0.1) is 0 Å². The summed E-state index contributed by atoms with van der Waals surface area (Å²) in [6.07, 6.45) is 0.621. The van der Waals surface area contributed by atoms with Crippen LogP contribution in [0.3, 0.4) is 0 Å². The molecule has 0 radical (unpaired) electrons. The van der Waals surface area contributed by atoms with Crippen molar-refractivity contribution in [1.29, 1.82) is 0 Å². The van der Waals surface area contributed by atoms with E-state index >= 15 is 0 Å². The zero-order valence-corrected chi connectivity index (χ0v) is 14.9. The van der Waals surface area contributed by atoms with Gasteiger partial charge in [-0.25, -0.2) is 21.9 Å². The van der Waals surface area contributed by atoms with Gasteiger partial charge in [0.15, 0.2) is 11.6 Å². The number of hydrogen-bond donors (Lipinski definition) is 2. The molecule has 1 heterocycles. The van der Waals surface area contributed by atoms with Crippen molar-refractivity contribution in [1.82, 2.24) is 14.9 Å². The average Bonchev–Trinajstić information content (AvgIpc) is 2.47. The highest BCUT2D eigenvalue weighted by molar-refractivity contribution is 7.89. The molecule has 0 aromatic heterocycles. The number of sulfonamides is 1. The Morgan fingerprint density at radius 1 is 1.17 bits per heavy atom. The standard InChI is InChI=1S/C13H19F2N3O2S.2ClH/c14-11-3-1-4-12(13(11)15)21(19,20)17-5-2-8-18-9-6-16-7-10-18;;/h1,3-4,16-17H,2,5-10H2;2*1H. The second-order valence-electron chi connectivity index (χ2n) is 4.89. The number of hydrogen-bond acceptors (Lipinski definition) is 4. The molecule has 23 heavy (non-hydrogen) atoms. The lowest BCUT2D eigenvalue weighted by atomic mass is 10.3. The molecule has 1 aromatic carbocycles. The molecule has 0 bridgehead atoms. The molecule has 1 saturated heterocycles. The van der Waals surface area contributed by atoms with Crippen molar-refractivity contribution in [2.24, 2.45) is 0 Å². The lowest BCUT2D eigenvalue weighted by Crippen LogP contribution is -2.44. The van der Waals surface area contributed by atoms with Gasteiger partial charge in [-0.15, -0.1) is 24.8 Å². The molecule has 1 aliphatic heterocycles. The maximum atomic E-state index is 13.5. The number of rotatable bonds is 6. The van der Waals surface area contributed by atoms with E-state index in [-0.39, 0.29) is 31.4 Å². The highest BCUT2D eigenvalue weighted by Gasteiger charge is 2.21. The Morgan fingerprint density at radius 3 is 2.48 bits per heavy atom. The summed E-state index contributed by atoms with van der Waals surface area (Å²) < 4.78 is 52.7. The van der Waals surface area contributed by atoms with Crippen LogP contribution in [0.4, 0.5) is 8.78 Å². The Morgan fingerprint density at radius 2 is 1.83 bits per heavy atom. The summed E-state index contributed by atoms with van der Waals surface area (Å²) in [6.45, 7) is 4.70. The molecule has 1 aromatic rings. The van der Waals surface area contributed by atoms with Gasteiger partial charge in [-0.2, -0.15) is 0 Å². The van der Waals surface area contributed by atoms with E-state index in [4.69, 9.17) is 0 Å². The molecule has 0 unspecified atom stereocenters. The minimum absolute atomic E-state index is 0. The summed E-state index contributed by atoms with van der Waals surface area (Å²) in [6, 6.07) is 3.11. The molecule has 0 atom stereocenters. The summed E-state index contributed by atoms with van der Waals surface area (Å²) in [5.74, 6) is -2.51. The molecular formula is C13H21Cl2F2N3O2S. The van der Waals surface area contributed by atoms with Crippen LogP contribution in [-0.4, -0.2) is 52.6 Å². The van der Waals surface area contributed by atoms with Crippen molar-refractivity contribution in [2.75, 3.05) is 39.3 Å². The summed E-state index contributed by atoms with van der Waals surface area (Å²) in [5, 5.41) is 3.23. The van der Waals surface area contributed by atoms with Crippen LogP contribution in [0.15, 0.2) is 23.1 Å². The predicted molar refractivity (Wildman–Crippen MR) is 90.0 cm³/mol. The quantitative estimate of drug-likeness (QED) is 0.719. The number of halogens is 4. The Hall–Kier alpha value is -0.510.